The number of hydrogen-bond donors (Lipinski definition) is 2. The van der Waals surface area contributed by atoms with Crippen LogP contribution >= 0.6 is 28.1 Å². The molecule has 0 aliphatic carbocycles. The fourth-order valence-corrected chi connectivity index (χ4v) is 3.47. The number of thiocarbonyl (C=S) groups is 1. The van der Waals surface area contributed by atoms with Crippen LogP contribution in [0.25, 0.3) is 0 Å². The first-order chi connectivity index (χ1) is 13.5. The van der Waals surface area contributed by atoms with Crippen molar-refractivity contribution < 1.29 is 14.0 Å². The van der Waals surface area contributed by atoms with Crippen molar-refractivity contribution in [3.05, 3.63) is 82.2 Å². The molecule has 0 unspecified atom stereocenters. The van der Waals surface area contributed by atoms with Crippen LogP contribution in [0.1, 0.15) is 26.5 Å². The standard InChI is InChI=1S/C20H14BrN3O3S/c21-17-10-9-16(27-17)18(25)23-20(28)22-13-5-7-14(8-6-13)24-11-12-3-1-2-4-15(12)19(24)26/h1-10H,11H2,(H2,22,23,25,28). The summed E-state index contributed by atoms with van der Waals surface area (Å²) in [6, 6.07) is 18.0. The molecular formula is C20H14BrN3O3S. The van der Waals surface area contributed by atoms with E-state index in [1.807, 2.05) is 36.4 Å². The van der Waals surface area contributed by atoms with Gasteiger partial charge in [0.15, 0.2) is 15.5 Å². The van der Waals surface area contributed by atoms with Crippen LogP contribution in [-0.4, -0.2) is 16.9 Å². The molecule has 1 aromatic heterocycles. The number of benzene rings is 2. The van der Waals surface area contributed by atoms with Crippen LogP contribution in [0.2, 0.25) is 0 Å². The molecule has 0 spiro atoms. The minimum absolute atomic E-state index is 0.0105. The lowest BCUT2D eigenvalue weighted by molar-refractivity contribution is 0.0948. The maximum absolute atomic E-state index is 12.5. The van der Waals surface area contributed by atoms with E-state index in [1.165, 1.54) is 0 Å². The van der Waals surface area contributed by atoms with Crippen molar-refractivity contribution in [1.29, 1.82) is 0 Å². The van der Waals surface area contributed by atoms with Crippen molar-refractivity contribution in [2.45, 2.75) is 6.54 Å². The summed E-state index contributed by atoms with van der Waals surface area (Å²) in [5.74, 6) is -0.303. The van der Waals surface area contributed by atoms with Gasteiger partial charge in [0.2, 0.25) is 0 Å². The highest BCUT2D eigenvalue weighted by Gasteiger charge is 2.27. The first-order valence-electron chi connectivity index (χ1n) is 8.39. The molecule has 0 saturated heterocycles. The third-order valence-corrected chi connectivity index (χ3v) is 4.91. The monoisotopic (exact) mass is 455 g/mol. The molecule has 0 radical (unpaired) electrons. The smallest absolute Gasteiger partial charge is 0.293 e. The SMILES string of the molecule is O=C(NC(=S)Nc1ccc(N2Cc3ccccc3C2=O)cc1)c1ccc(Br)o1. The predicted molar refractivity (Wildman–Crippen MR) is 113 cm³/mol. The van der Waals surface area contributed by atoms with Gasteiger partial charge < -0.3 is 14.6 Å². The number of halogens is 1. The summed E-state index contributed by atoms with van der Waals surface area (Å²) in [4.78, 5) is 26.3. The Labute approximate surface area is 174 Å². The fourth-order valence-electron chi connectivity index (χ4n) is 2.95. The second kappa shape index (κ2) is 7.57. The van der Waals surface area contributed by atoms with Crippen LogP contribution < -0.4 is 15.5 Å². The van der Waals surface area contributed by atoms with E-state index in [2.05, 4.69) is 26.6 Å². The van der Waals surface area contributed by atoms with E-state index >= 15 is 0 Å². The molecule has 2 aromatic carbocycles. The Kier molecular flexibility index (Phi) is 4.97. The number of amides is 2. The molecule has 0 fully saturated rings. The molecule has 0 atom stereocenters. The molecule has 1 aliphatic rings. The van der Waals surface area contributed by atoms with Gasteiger partial charge in [0, 0.05) is 16.9 Å². The molecule has 4 rings (SSSR count). The average Bonchev–Trinajstić information content (AvgIpc) is 3.26. The van der Waals surface area contributed by atoms with Crippen molar-refractivity contribution in [3.63, 3.8) is 0 Å². The highest BCUT2D eigenvalue weighted by atomic mass is 79.9. The molecule has 3 aromatic rings. The number of anilines is 2. The zero-order chi connectivity index (χ0) is 19.7. The summed E-state index contributed by atoms with van der Waals surface area (Å²) < 4.78 is 5.65. The van der Waals surface area contributed by atoms with Gasteiger partial charge in [0.05, 0.1) is 6.54 Å². The molecule has 8 heteroatoms. The van der Waals surface area contributed by atoms with Crippen LogP contribution in [-0.2, 0) is 6.54 Å². The minimum atomic E-state index is -0.444. The van der Waals surface area contributed by atoms with E-state index in [-0.39, 0.29) is 16.8 Å². The van der Waals surface area contributed by atoms with Crippen LogP contribution in [0.4, 0.5) is 11.4 Å². The lowest BCUT2D eigenvalue weighted by Gasteiger charge is -2.16. The quantitative estimate of drug-likeness (QED) is 0.574. The van der Waals surface area contributed by atoms with Gasteiger partial charge in [-0.15, -0.1) is 0 Å². The molecule has 1 aliphatic heterocycles. The number of nitrogens with zero attached hydrogens (tertiary/aromatic N) is 1. The topological polar surface area (TPSA) is 74.6 Å². The van der Waals surface area contributed by atoms with E-state index in [0.717, 1.165) is 16.8 Å². The van der Waals surface area contributed by atoms with Gasteiger partial charge in [-0.25, -0.2) is 0 Å². The molecule has 0 bridgehead atoms. The summed E-state index contributed by atoms with van der Waals surface area (Å²) in [5, 5.41) is 5.64. The Morgan fingerprint density at radius 1 is 1.07 bits per heavy atom. The van der Waals surface area contributed by atoms with Crippen molar-refractivity contribution >= 4 is 56.4 Å². The van der Waals surface area contributed by atoms with Crippen LogP contribution in [0, 0.1) is 0 Å². The van der Waals surface area contributed by atoms with Gasteiger partial charge in [-0.1, -0.05) is 18.2 Å². The average molecular weight is 456 g/mol. The molecule has 2 heterocycles. The van der Waals surface area contributed by atoms with Crippen molar-refractivity contribution in [3.8, 4) is 0 Å². The van der Waals surface area contributed by atoms with Crippen LogP contribution in [0.5, 0.6) is 0 Å². The summed E-state index contributed by atoms with van der Waals surface area (Å²) >= 11 is 8.31. The fraction of sp³-hybridized carbons (Fsp3) is 0.0500. The number of rotatable bonds is 3. The Balaban J connectivity index is 1.39. The van der Waals surface area contributed by atoms with Gasteiger partial charge in [-0.05, 0) is 76.2 Å². The number of nitrogens with one attached hydrogen (secondary N) is 2. The maximum atomic E-state index is 12.5. The number of furan rings is 1. The van der Waals surface area contributed by atoms with Crippen LogP contribution in [0.15, 0.2) is 69.8 Å². The first-order valence-corrected chi connectivity index (χ1v) is 9.59. The lowest BCUT2D eigenvalue weighted by Crippen LogP contribution is -2.33. The third kappa shape index (κ3) is 3.69. The van der Waals surface area contributed by atoms with Gasteiger partial charge in [0.25, 0.3) is 11.8 Å². The van der Waals surface area contributed by atoms with E-state index < -0.39 is 5.91 Å². The van der Waals surface area contributed by atoms with Crippen molar-refractivity contribution in [2.24, 2.45) is 0 Å². The molecule has 140 valence electrons. The molecule has 2 N–H and O–H groups in total. The summed E-state index contributed by atoms with van der Waals surface area (Å²) in [7, 11) is 0. The number of fused-ring (bicyclic) bond motifs is 1. The van der Waals surface area contributed by atoms with Gasteiger partial charge >= 0.3 is 0 Å². The van der Waals surface area contributed by atoms with Gasteiger partial charge in [-0.2, -0.15) is 0 Å². The normalized spacial score (nSPS) is 12.6. The Morgan fingerprint density at radius 3 is 2.50 bits per heavy atom. The van der Waals surface area contributed by atoms with E-state index in [9.17, 15) is 9.59 Å². The zero-order valence-corrected chi connectivity index (χ0v) is 16.8. The van der Waals surface area contributed by atoms with E-state index in [4.69, 9.17) is 16.6 Å². The lowest BCUT2D eigenvalue weighted by atomic mass is 10.1. The summed E-state index contributed by atoms with van der Waals surface area (Å²) in [6.07, 6.45) is 0. The Morgan fingerprint density at radius 2 is 1.82 bits per heavy atom. The third-order valence-electron chi connectivity index (χ3n) is 4.28. The predicted octanol–water partition coefficient (Wildman–Crippen LogP) is 4.33. The molecule has 6 nitrogen and oxygen atoms in total. The maximum Gasteiger partial charge on any atom is 0.293 e. The molecule has 28 heavy (non-hydrogen) atoms. The second-order valence-corrected chi connectivity index (χ2v) is 7.30. The van der Waals surface area contributed by atoms with Crippen LogP contribution in [0.3, 0.4) is 0 Å². The van der Waals surface area contributed by atoms with Gasteiger partial charge in [-0.3, -0.25) is 14.9 Å². The summed E-state index contributed by atoms with van der Waals surface area (Å²) in [5.41, 5.74) is 3.24. The van der Waals surface area contributed by atoms with Gasteiger partial charge in [0.1, 0.15) is 0 Å². The van der Waals surface area contributed by atoms with E-state index in [1.54, 1.807) is 29.2 Å². The zero-order valence-electron chi connectivity index (χ0n) is 14.4. The largest absolute Gasteiger partial charge is 0.444 e. The molecule has 2 amide bonds. The summed E-state index contributed by atoms with van der Waals surface area (Å²) in [6.45, 7) is 0.551. The van der Waals surface area contributed by atoms with E-state index in [0.29, 0.717) is 16.9 Å². The highest BCUT2D eigenvalue weighted by molar-refractivity contribution is 9.10. The highest BCUT2D eigenvalue weighted by Crippen LogP contribution is 2.28. The number of carbonyl (C=O) groups excluding carboxylic acids is 2. The Bertz CT molecular complexity index is 1080. The first kappa shape index (κ1) is 18.4. The minimum Gasteiger partial charge on any atom is -0.444 e. The van der Waals surface area contributed by atoms with Crippen molar-refractivity contribution in [1.82, 2.24) is 5.32 Å². The Hall–Kier alpha value is -2.97. The van der Waals surface area contributed by atoms with Crippen molar-refractivity contribution in [2.75, 3.05) is 10.2 Å². The molecular weight excluding hydrogens is 442 g/mol. The number of hydrogen-bond acceptors (Lipinski definition) is 4. The second-order valence-electron chi connectivity index (χ2n) is 6.11. The number of carbonyl (C=O) groups is 2. The molecule has 0 saturated carbocycles.